The molecule has 2 N–H and O–H groups in total. The third-order valence-corrected chi connectivity index (χ3v) is 5.82. The molecule has 0 fully saturated rings. The Morgan fingerprint density at radius 2 is 1.55 bits per heavy atom. The molecular formula is C26H28N2O2S. The van der Waals surface area contributed by atoms with Gasteiger partial charge in [-0.2, -0.15) is 0 Å². The minimum absolute atomic E-state index is 0.187. The Balaban J connectivity index is 1.62. The van der Waals surface area contributed by atoms with Gasteiger partial charge in [-0.1, -0.05) is 55.8 Å². The van der Waals surface area contributed by atoms with E-state index in [-0.39, 0.29) is 11.8 Å². The highest BCUT2D eigenvalue weighted by molar-refractivity contribution is 7.98. The van der Waals surface area contributed by atoms with Crippen molar-refractivity contribution in [1.29, 1.82) is 0 Å². The Morgan fingerprint density at radius 1 is 0.871 bits per heavy atom. The molecule has 0 radical (unpaired) electrons. The summed E-state index contributed by atoms with van der Waals surface area (Å²) in [5.74, 6) is 0.771. The summed E-state index contributed by atoms with van der Waals surface area (Å²) in [6, 6.07) is 23.1. The van der Waals surface area contributed by atoms with Gasteiger partial charge in [0.05, 0.1) is 11.3 Å². The van der Waals surface area contributed by atoms with Crippen molar-refractivity contribution in [2.75, 3.05) is 11.9 Å². The normalized spacial score (nSPS) is 10.7. The Labute approximate surface area is 188 Å². The molecule has 0 saturated carbocycles. The second kappa shape index (κ2) is 10.8. The van der Waals surface area contributed by atoms with E-state index in [4.69, 9.17) is 0 Å². The first-order chi connectivity index (χ1) is 14.9. The zero-order valence-electron chi connectivity index (χ0n) is 18.1. The average molecular weight is 433 g/mol. The molecule has 0 aliphatic heterocycles. The lowest BCUT2D eigenvalue weighted by Gasteiger charge is -2.13. The lowest BCUT2D eigenvalue weighted by atomic mass is 10.1. The van der Waals surface area contributed by atoms with Gasteiger partial charge in [0.2, 0.25) is 0 Å². The number of carbonyl (C=O) groups excluding carboxylic acids is 2. The minimum Gasteiger partial charge on any atom is -0.352 e. The van der Waals surface area contributed by atoms with Crippen LogP contribution in [0.25, 0.3) is 0 Å². The average Bonchev–Trinajstić information content (AvgIpc) is 2.77. The molecule has 0 atom stereocenters. The quantitative estimate of drug-likeness (QED) is 0.434. The van der Waals surface area contributed by atoms with E-state index in [9.17, 15) is 9.59 Å². The molecule has 0 aliphatic rings. The van der Waals surface area contributed by atoms with Gasteiger partial charge in [-0.15, -0.1) is 11.8 Å². The fourth-order valence-corrected chi connectivity index (χ4v) is 3.78. The van der Waals surface area contributed by atoms with Crippen LogP contribution < -0.4 is 10.6 Å². The topological polar surface area (TPSA) is 58.2 Å². The van der Waals surface area contributed by atoms with E-state index in [1.165, 1.54) is 10.5 Å². The van der Waals surface area contributed by atoms with Crippen LogP contribution in [0.3, 0.4) is 0 Å². The Morgan fingerprint density at radius 3 is 2.23 bits per heavy atom. The molecule has 3 rings (SSSR count). The minimum atomic E-state index is -0.234. The number of amides is 2. The smallest absolute Gasteiger partial charge is 0.255 e. The maximum Gasteiger partial charge on any atom is 0.255 e. The first-order valence-corrected chi connectivity index (χ1v) is 11.4. The van der Waals surface area contributed by atoms with Gasteiger partial charge in [0.1, 0.15) is 0 Å². The van der Waals surface area contributed by atoms with Gasteiger partial charge in [-0.25, -0.2) is 0 Å². The van der Waals surface area contributed by atoms with E-state index in [1.54, 1.807) is 36.0 Å². The van der Waals surface area contributed by atoms with E-state index >= 15 is 0 Å². The highest BCUT2D eigenvalue weighted by Crippen LogP contribution is 2.23. The highest BCUT2D eigenvalue weighted by atomic mass is 32.2. The summed E-state index contributed by atoms with van der Waals surface area (Å²) >= 11 is 1.77. The second-order valence-electron chi connectivity index (χ2n) is 7.90. The van der Waals surface area contributed by atoms with E-state index in [0.29, 0.717) is 29.3 Å². The second-order valence-corrected chi connectivity index (χ2v) is 8.95. The number of nitrogens with one attached hydrogen (secondary N) is 2. The molecule has 4 nitrogen and oxygen atoms in total. The Hall–Kier alpha value is -3.05. The first-order valence-electron chi connectivity index (χ1n) is 10.4. The molecular weight excluding hydrogens is 404 g/mol. The SMILES string of the molecule is Cc1ccc(SCc2ccc(C(=O)Nc3ccccc3C(=O)NCC(C)C)cc2)cc1. The fraction of sp³-hybridized carbons (Fsp3) is 0.231. The number of rotatable bonds is 8. The van der Waals surface area contributed by atoms with Crippen LogP contribution in [-0.2, 0) is 5.75 Å². The Kier molecular flexibility index (Phi) is 7.90. The molecule has 3 aromatic carbocycles. The van der Waals surface area contributed by atoms with Gasteiger partial charge in [-0.3, -0.25) is 9.59 Å². The standard InChI is InChI=1S/C26H28N2O2S/c1-18(2)16-27-26(30)23-6-4-5-7-24(23)28-25(29)21-12-10-20(11-13-21)17-31-22-14-8-19(3)9-15-22/h4-15,18H,16-17H2,1-3H3,(H,27,30)(H,28,29). The summed E-state index contributed by atoms with van der Waals surface area (Å²) in [6.45, 7) is 6.74. The monoisotopic (exact) mass is 432 g/mol. The van der Waals surface area contributed by atoms with Crippen molar-refractivity contribution in [3.63, 3.8) is 0 Å². The van der Waals surface area contributed by atoms with Gasteiger partial charge in [0, 0.05) is 22.8 Å². The molecule has 31 heavy (non-hydrogen) atoms. The molecule has 0 bridgehead atoms. The summed E-state index contributed by atoms with van der Waals surface area (Å²) in [5.41, 5.74) is 3.92. The number of aryl methyl sites for hydroxylation is 1. The molecule has 0 heterocycles. The zero-order valence-corrected chi connectivity index (χ0v) is 19.0. The summed E-state index contributed by atoms with van der Waals surface area (Å²) in [6.07, 6.45) is 0. The largest absolute Gasteiger partial charge is 0.352 e. The Bertz CT molecular complexity index is 1030. The summed E-state index contributed by atoms with van der Waals surface area (Å²) in [4.78, 5) is 26.4. The molecule has 0 unspecified atom stereocenters. The predicted molar refractivity (Wildman–Crippen MR) is 129 cm³/mol. The van der Waals surface area contributed by atoms with Crippen LogP contribution in [0.1, 0.15) is 45.7 Å². The molecule has 0 spiro atoms. The summed E-state index contributed by atoms with van der Waals surface area (Å²) in [7, 11) is 0. The van der Waals surface area contributed by atoms with Crippen molar-refractivity contribution >= 4 is 29.3 Å². The van der Waals surface area contributed by atoms with E-state index in [1.807, 2.05) is 38.1 Å². The predicted octanol–water partition coefficient (Wildman–Crippen LogP) is 5.93. The van der Waals surface area contributed by atoms with Crippen LogP contribution in [0.4, 0.5) is 5.69 Å². The third kappa shape index (κ3) is 6.72. The van der Waals surface area contributed by atoms with E-state index < -0.39 is 0 Å². The van der Waals surface area contributed by atoms with Crippen LogP contribution in [-0.4, -0.2) is 18.4 Å². The zero-order chi connectivity index (χ0) is 22.2. The van der Waals surface area contributed by atoms with Crippen LogP contribution in [0.5, 0.6) is 0 Å². The van der Waals surface area contributed by atoms with Crippen molar-refractivity contribution < 1.29 is 9.59 Å². The number of benzene rings is 3. The van der Waals surface area contributed by atoms with Crippen molar-refractivity contribution in [2.24, 2.45) is 5.92 Å². The maximum atomic E-state index is 12.7. The lowest BCUT2D eigenvalue weighted by molar-refractivity contribution is 0.0950. The van der Waals surface area contributed by atoms with Gasteiger partial charge in [0.15, 0.2) is 0 Å². The molecule has 0 aromatic heterocycles. The number of anilines is 1. The van der Waals surface area contributed by atoms with Gasteiger partial charge < -0.3 is 10.6 Å². The summed E-state index contributed by atoms with van der Waals surface area (Å²) in [5, 5.41) is 5.77. The highest BCUT2D eigenvalue weighted by Gasteiger charge is 2.14. The van der Waals surface area contributed by atoms with Crippen LogP contribution >= 0.6 is 11.8 Å². The molecule has 2 amide bonds. The molecule has 160 valence electrons. The third-order valence-electron chi connectivity index (χ3n) is 4.73. The van der Waals surface area contributed by atoms with Crippen molar-refractivity contribution in [1.82, 2.24) is 5.32 Å². The van der Waals surface area contributed by atoms with Crippen LogP contribution in [0, 0.1) is 12.8 Å². The van der Waals surface area contributed by atoms with Gasteiger partial charge >= 0.3 is 0 Å². The van der Waals surface area contributed by atoms with Crippen LogP contribution in [0.2, 0.25) is 0 Å². The molecule has 0 saturated heterocycles. The summed E-state index contributed by atoms with van der Waals surface area (Å²) < 4.78 is 0. The number of hydrogen-bond acceptors (Lipinski definition) is 3. The number of para-hydroxylation sites is 1. The molecule has 5 heteroatoms. The first kappa shape index (κ1) is 22.6. The fourth-order valence-electron chi connectivity index (χ4n) is 2.93. The van der Waals surface area contributed by atoms with Crippen molar-refractivity contribution in [2.45, 2.75) is 31.4 Å². The number of thioether (sulfide) groups is 1. The van der Waals surface area contributed by atoms with E-state index in [0.717, 1.165) is 11.3 Å². The van der Waals surface area contributed by atoms with Crippen LogP contribution in [0.15, 0.2) is 77.7 Å². The maximum absolute atomic E-state index is 12.7. The molecule has 0 aliphatic carbocycles. The van der Waals surface area contributed by atoms with Crippen molar-refractivity contribution in [3.05, 3.63) is 95.1 Å². The van der Waals surface area contributed by atoms with Crippen molar-refractivity contribution in [3.8, 4) is 0 Å². The molecule has 3 aromatic rings. The lowest BCUT2D eigenvalue weighted by Crippen LogP contribution is -2.28. The van der Waals surface area contributed by atoms with E-state index in [2.05, 4.69) is 41.8 Å². The number of carbonyl (C=O) groups is 2. The van der Waals surface area contributed by atoms with Gasteiger partial charge in [0.25, 0.3) is 11.8 Å². The number of hydrogen-bond donors (Lipinski definition) is 2. The van der Waals surface area contributed by atoms with Gasteiger partial charge in [-0.05, 0) is 54.8 Å².